The molecule has 2 rings (SSSR count). The molecule has 1 heterocycles. The average Bonchev–Trinajstić information content (AvgIpc) is 2.64. The smallest absolute Gasteiger partial charge is 0.418 e. The van der Waals surface area contributed by atoms with Crippen LogP contribution in [0.4, 0.5) is 18.9 Å². The molecule has 1 aromatic carbocycles. The number of carbonyl (C=O) groups is 2. The molecule has 0 unspecified atom stereocenters. The zero-order chi connectivity index (χ0) is 20.4. The Morgan fingerprint density at radius 2 is 1.78 bits per heavy atom. The standard InChI is InChI=1S/C18H20F3NO5/c1-10(2)11-5-6-14(13(7-11)18(19,20)21)22-9-27-8-12(16(23)25-3)15(22)17(24)26-4/h5-7,10H,8-9H2,1-4H3. The van der Waals surface area contributed by atoms with Gasteiger partial charge in [0, 0.05) is 0 Å². The quantitative estimate of drug-likeness (QED) is 0.740. The van der Waals surface area contributed by atoms with Gasteiger partial charge in [-0.3, -0.25) is 0 Å². The average molecular weight is 387 g/mol. The molecule has 148 valence electrons. The first-order valence-corrected chi connectivity index (χ1v) is 8.08. The van der Waals surface area contributed by atoms with Gasteiger partial charge in [0.1, 0.15) is 12.4 Å². The third-order valence-corrected chi connectivity index (χ3v) is 4.12. The van der Waals surface area contributed by atoms with Crippen LogP contribution in [0.2, 0.25) is 0 Å². The van der Waals surface area contributed by atoms with E-state index in [9.17, 15) is 22.8 Å². The molecule has 0 saturated heterocycles. The molecule has 0 bridgehead atoms. The summed E-state index contributed by atoms with van der Waals surface area (Å²) in [6, 6.07) is 3.82. The maximum atomic E-state index is 13.7. The summed E-state index contributed by atoms with van der Waals surface area (Å²) in [5, 5.41) is 0. The minimum absolute atomic E-state index is 0.126. The molecule has 0 aromatic heterocycles. The lowest BCUT2D eigenvalue weighted by Gasteiger charge is -2.33. The van der Waals surface area contributed by atoms with E-state index < -0.39 is 23.7 Å². The van der Waals surface area contributed by atoms with Crippen molar-refractivity contribution >= 4 is 17.6 Å². The Hall–Kier alpha value is -2.55. The Balaban J connectivity index is 2.70. The van der Waals surface area contributed by atoms with Crippen LogP contribution < -0.4 is 4.90 Å². The fraction of sp³-hybridized carbons (Fsp3) is 0.444. The van der Waals surface area contributed by atoms with E-state index in [4.69, 9.17) is 4.74 Å². The molecule has 9 heteroatoms. The zero-order valence-corrected chi connectivity index (χ0v) is 15.3. The van der Waals surface area contributed by atoms with Crippen LogP contribution in [0.3, 0.4) is 0 Å². The molecule has 0 spiro atoms. The SMILES string of the molecule is COC(=O)C1=C(C(=O)OC)N(c2ccc(C(C)C)cc2C(F)(F)F)COC1. The molecule has 27 heavy (non-hydrogen) atoms. The number of esters is 2. The van der Waals surface area contributed by atoms with Crippen molar-refractivity contribution in [3.8, 4) is 0 Å². The monoisotopic (exact) mass is 387 g/mol. The minimum Gasteiger partial charge on any atom is -0.466 e. The number of hydrogen-bond donors (Lipinski definition) is 0. The van der Waals surface area contributed by atoms with E-state index in [1.807, 2.05) is 0 Å². The van der Waals surface area contributed by atoms with Crippen molar-refractivity contribution < 1.29 is 37.0 Å². The zero-order valence-electron chi connectivity index (χ0n) is 15.3. The summed E-state index contributed by atoms with van der Waals surface area (Å²) in [7, 11) is 2.17. The van der Waals surface area contributed by atoms with Gasteiger partial charge in [0.05, 0.1) is 37.7 Å². The second-order valence-electron chi connectivity index (χ2n) is 6.14. The molecule has 0 amide bonds. The highest BCUT2D eigenvalue weighted by Crippen LogP contribution is 2.40. The third kappa shape index (κ3) is 4.24. The number of nitrogens with zero attached hydrogens (tertiary/aromatic N) is 1. The number of alkyl halides is 3. The van der Waals surface area contributed by atoms with Crippen LogP contribution in [0.1, 0.15) is 30.9 Å². The van der Waals surface area contributed by atoms with Gasteiger partial charge in [-0.05, 0) is 23.6 Å². The van der Waals surface area contributed by atoms with Crippen molar-refractivity contribution in [2.45, 2.75) is 25.9 Å². The van der Waals surface area contributed by atoms with Crippen molar-refractivity contribution in [3.63, 3.8) is 0 Å². The number of halogens is 3. The van der Waals surface area contributed by atoms with Crippen LogP contribution in [0.15, 0.2) is 29.5 Å². The second-order valence-corrected chi connectivity index (χ2v) is 6.14. The number of anilines is 1. The maximum Gasteiger partial charge on any atom is 0.418 e. The van der Waals surface area contributed by atoms with Gasteiger partial charge in [0.25, 0.3) is 0 Å². The Kier molecular flexibility index (Phi) is 6.15. The number of carbonyl (C=O) groups excluding carboxylic acids is 2. The molecule has 0 saturated carbocycles. The summed E-state index contributed by atoms with van der Waals surface area (Å²) >= 11 is 0. The lowest BCUT2D eigenvalue weighted by atomic mass is 9.98. The van der Waals surface area contributed by atoms with Crippen molar-refractivity contribution in [1.82, 2.24) is 0 Å². The normalized spacial score (nSPS) is 15.2. The number of rotatable bonds is 4. The van der Waals surface area contributed by atoms with E-state index in [-0.39, 0.29) is 36.2 Å². The van der Waals surface area contributed by atoms with Gasteiger partial charge in [-0.25, -0.2) is 9.59 Å². The molecule has 0 aliphatic carbocycles. The molecule has 0 N–H and O–H groups in total. The van der Waals surface area contributed by atoms with Gasteiger partial charge in [-0.2, -0.15) is 13.2 Å². The van der Waals surface area contributed by atoms with Gasteiger partial charge in [0.15, 0.2) is 0 Å². The molecular weight excluding hydrogens is 367 g/mol. The fourth-order valence-electron chi connectivity index (χ4n) is 2.71. The second kappa shape index (κ2) is 7.99. The van der Waals surface area contributed by atoms with Gasteiger partial charge in [0.2, 0.25) is 0 Å². The number of ether oxygens (including phenoxy) is 3. The highest BCUT2D eigenvalue weighted by atomic mass is 19.4. The Bertz CT molecular complexity index is 771. The molecule has 1 aromatic rings. The summed E-state index contributed by atoms with van der Waals surface area (Å²) in [4.78, 5) is 25.2. The lowest BCUT2D eigenvalue weighted by Crippen LogP contribution is -2.39. The van der Waals surface area contributed by atoms with E-state index in [2.05, 4.69) is 9.47 Å². The summed E-state index contributed by atoms with van der Waals surface area (Å²) in [5.41, 5.74) is -1.31. The Morgan fingerprint density at radius 3 is 2.30 bits per heavy atom. The van der Waals surface area contributed by atoms with Crippen molar-refractivity contribution in [1.29, 1.82) is 0 Å². The van der Waals surface area contributed by atoms with Crippen LogP contribution in [-0.4, -0.2) is 39.5 Å². The van der Waals surface area contributed by atoms with E-state index >= 15 is 0 Å². The van der Waals surface area contributed by atoms with E-state index in [0.29, 0.717) is 5.56 Å². The van der Waals surface area contributed by atoms with E-state index in [0.717, 1.165) is 25.2 Å². The largest absolute Gasteiger partial charge is 0.466 e. The highest BCUT2D eigenvalue weighted by molar-refractivity contribution is 6.03. The Morgan fingerprint density at radius 1 is 1.15 bits per heavy atom. The summed E-state index contributed by atoms with van der Waals surface area (Å²) in [5.74, 6) is -1.97. The molecular formula is C18H20F3NO5. The van der Waals surface area contributed by atoms with E-state index in [1.165, 1.54) is 12.1 Å². The number of hydrogen-bond acceptors (Lipinski definition) is 6. The molecule has 1 aliphatic rings. The van der Waals surface area contributed by atoms with Gasteiger partial charge in [-0.1, -0.05) is 19.9 Å². The van der Waals surface area contributed by atoms with Crippen molar-refractivity contribution in [2.75, 3.05) is 32.5 Å². The first-order chi connectivity index (χ1) is 12.6. The summed E-state index contributed by atoms with van der Waals surface area (Å²) < 4.78 is 55.6. The number of methoxy groups -OCH3 is 2. The van der Waals surface area contributed by atoms with Crippen LogP contribution in [0.5, 0.6) is 0 Å². The van der Waals surface area contributed by atoms with Crippen LogP contribution >= 0.6 is 0 Å². The molecule has 0 radical (unpaired) electrons. The van der Waals surface area contributed by atoms with Crippen LogP contribution in [0.25, 0.3) is 0 Å². The first kappa shape index (κ1) is 20.8. The third-order valence-electron chi connectivity index (χ3n) is 4.12. The minimum atomic E-state index is -4.68. The number of benzene rings is 1. The highest BCUT2D eigenvalue weighted by Gasteiger charge is 2.39. The lowest BCUT2D eigenvalue weighted by molar-refractivity contribution is -0.141. The maximum absolute atomic E-state index is 13.7. The predicted octanol–water partition coefficient (Wildman–Crippen LogP) is 3.22. The summed E-state index contributed by atoms with van der Waals surface area (Å²) in [6.07, 6.45) is -4.68. The Labute approximate surface area is 154 Å². The molecule has 6 nitrogen and oxygen atoms in total. The summed E-state index contributed by atoms with van der Waals surface area (Å²) in [6.45, 7) is 2.91. The fourth-order valence-corrected chi connectivity index (χ4v) is 2.71. The predicted molar refractivity (Wildman–Crippen MR) is 89.9 cm³/mol. The van der Waals surface area contributed by atoms with E-state index in [1.54, 1.807) is 13.8 Å². The van der Waals surface area contributed by atoms with Crippen molar-refractivity contribution in [2.24, 2.45) is 0 Å². The molecule has 0 atom stereocenters. The first-order valence-electron chi connectivity index (χ1n) is 8.08. The van der Waals surface area contributed by atoms with Gasteiger partial charge < -0.3 is 19.1 Å². The van der Waals surface area contributed by atoms with Gasteiger partial charge in [-0.15, -0.1) is 0 Å². The van der Waals surface area contributed by atoms with Gasteiger partial charge >= 0.3 is 18.1 Å². The van der Waals surface area contributed by atoms with Crippen LogP contribution in [-0.2, 0) is 30.0 Å². The van der Waals surface area contributed by atoms with Crippen molar-refractivity contribution in [3.05, 3.63) is 40.6 Å². The topological polar surface area (TPSA) is 65.1 Å². The van der Waals surface area contributed by atoms with Crippen LogP contribution in [0, 0.1) is 0 Å². The molecule has 0 fully saturated rings. The molecule has 1 aliphatic heterocycles.